The van der Waals surface area contributed by atoms with Gasteiger partial charge in [0.05, 0.1) is 5.69 Å². The van der Waals surface area contributed by atoms with Crippen LogP contribution in [0, 0.1) is 0 Å². The van der Waals surface area contributed by atoms with Crippen LogP contribution in [0.5, 0.6) is 0 Å². The number of rotatable bonds is 10. The third-order valence-electron chi connectivity index (χ3n) is 4.21. The molecule has 2 aromatic carbocycles. The summed E-state index contributed by atoms with van der Waals surface area (Å²) in [6.45, 7) is 2.23. The first-order chi connectivity index (χ1) is 13.7. The van der Waals surface area contributed by atoms with Gasteiger partial charge in [-0.3, -0.25) is 0 Å². The Morgan fingerprint density at radius 1 is 0.929 bits per heavy atom. The molecule has 0 atom stereocenters. The van der Waals surface area contributed by atoms with Crippen molar-refractivity contribution in [1.29, 1.82) is 0 Å². The van der Waals surface area contributed by atoms with Gasteiger partial charge in [-0.15, -0.1) is 0 Å². The van der Waals surface area contributed by atoms with Crippen LogP contribution in [0.2, 0.25) is 5.02 Å². The van der Waals surface area contributed by atoms with Gasteiger partial charge >= 0.3 is 0 Å². The number of hydrogen-bond donors (Lipinski definition) is 2. The molecule has 0 fully saturated rings. The van der Waals surface area contributed by atoms with Crippen molar-refractivity contribution in [1.82, 2.24) is 9.97 Å². The van der Waals surface area contributed by atoms with Crippen molar-refractivity contribution in [3.05, 3.63) is 71.2 Å². The summed E-state index contributed by atoms with van der Waals surface area (Å²) in [5.41, 5.74) is 3.12. The smallest absolute Gasteiger partial charge is 0.225 e. The number of ether oxygens (including phenoxy) is 1. The molecule has 0 unspecified atom stereocenters. The highest BCUT2D eigenvalue weighted by Gasteiger charge is 2.07. The average molecular weight is 397 g/mol. The maximum atomic E-state index is 6.06. The van der Waals surface area contributed by atoms with Crippen molar-refractivity contribution in [3.63, 3.8) is 0 Å². The van der Waals surface area contributed by atoms with E-state index in [1.54, 1.807) is 7.11 Å². The minimum absolute atomic E-state index is 0.609. The summed E-state index contributed by atoms with van der Waals surface area (Å²) in [6.07, 6.45) is 1.76. The van der Waals surface area contributed by atoms with E-state index in [9.17, 15) is 0 Å². The van der Waals surface area contributed by atoms with E-state index in [1.165, 1.54) is 5.56 Å². The van der Waals surface area contributed by atoms with Crippen LogP contribution in [0.4, 0.5) is 11.8 Å². The second-order valence-corrected chi connectivity index (χ2v) is 6.84. The lowest BCUT2D eigenvalue weighted by Crippen LogP contribution is -2.11. The van der Waals surface area contributed by atoms with Gasteiger partial charge < -0.3 is 15.4 Å². The Morgan fingerprint density at radius 3 is 2.57 bits per heavy atom. The van der Waals surface area contributed by atoms with E-state index >= 15 is 0 Å². The first kappa shape index (κ1) is 20.1. The Hall–Kier alpha value is -2.63. The van der Waals surface area contributed by atoms with Crippen LogP contribution in [0.1, 0.15) is 12.0 Å². The quantitative estimate of drug-likeness (QED) is 0.477. The summed E-state index contributed by atoms with van der Waals surface area (Å²) in [4.78, 5) is 9.29. The normalized spacial score (nSPS) is 10.6. The number of nitrogens with one attached hydrogen (secondary N) is 2. The minimum Gasteiger partial charge on any atom is -0.385 e. The molecule has 2 N–H and O–H groups in total. The van der Waals surface area contributed by atoms with E-state index < -0.39 is 0 Å². The van der Waals surface area contributed by atoms with Gasteiger partial charge in [-0.2, -0.15) is 4.98 Å². The van der Waals surface area contributed by atoms with Gasteiger partial charge in [0.25, 0.3) is 0 Å². The number of aromatic nitrogens is 2. The zero-order valence-electron chi connectivity index (χ0n) is 16.0. The third-order valence-corrected chi connectivity index (χ3v) is 4.45. The molecule has 1 heterocycles. The molecule has 0 aliphatic carbocycles. The molecule has 0 spiro atoms. The third kappa shape index (κ3) is 6.22. The van der Waals surface area contributed by atoms with Crippen LogP contribution in [-0.2, 0) is 11.2 Å². The molecule has 0 aliphatic heterocycles. The van der Waals surface area contributed by atoms with Crippen LogP contribution < -0.4 is 10.6 Å². The van der Waals surface area contributed by atoms with E-state index in [-0.39, 0.29) is 0 Å². The van der Waals surface area contributed by atoms with E-state index in [1.807, 2.05) is 54.6 Å². The fraction of sp³-hybridized carbons (Fsp3) is 0.273. The predicted molar refractivity (Wildman–Crippen MR) is 116 cm³/mol. The second kappa shape index (κ2) is 10.6. The maximum Gasteiger partial charge on any atom is 0.225 e. The molecule has 3 aromatic rings. The molecule has 6 heteroatoms. The first-order valence-corrected chi connectivity index (χ1v) is 9.78. The van der Waals surface area contributed by atoms with Crippen LogP contribution in [0.15, 0.2) is 60.7 Å². The van der Waals surface area contributed by atoms with Crippen LogP contribution in [0.3, 0.4) is 0 Å². The molecule has 5 nitrogen and oxygen atoms in total. The molecular formula is C22H25ClN4O. The molecule has 28 heavy (non-hydrogen) atoms. The number of benzene rings is 2. The molecule has 0 amide bonds. The molecule has 0 bridgehead atoms. The van der Waals surface area contributed by atoms with Gasteiger partial charge in [-0.25, -0.2) is 4.98 Å². The number of methoxy groups -OCH3 is 1. The molecule has 0 aliphatic rings. The van der Waals surface area contributed by atoms with Crippen molar-refractivity contribution in [2.45, 2.75) is 12.8 Å². The Bertz CT molecular complexity index is 873. The van der Waals surface area contributed by atoms with Gasteiger partial charge in [-0.05, 0) is 30.5 Å². The fourth-order valence-corrected chi connectivity index (χ4v) is 3.03. The molecule has 3 rings (SSSR count). The lowest BCUT2D eigenvalue weighted by Gasteiger charge is -2.11. The topological polar surface area (TPSA) is 59.1 Å². The Morgan fingerprint density at radius 2 is 1.79 bits per heavy atom. The lowest BCUT2D eigenvalue weighted by atomic mass is 10.1. The van der Waals surface area contributed by atoms with E-state index in [2.05, 4.69) is 26.7 Å². The summed E-state index contributed by atoms with van der Waals surface area (Å²) in [5.74, 6) is 1.41. The summed E-state index contributed by atoms with van der Waals surface area (Å²) in [7, 11) is 1.71. The Labute approximate surface area is 171 Å². The van der Waals surface area contributed by atoms with Crippen molar-refractivity contribution in [3.8, 4) is 11.3 Å². The summed E-state index contributed by atoms with van der Waals surface area (Å²) < 4.78 is 5.11. The number of anilines is 2. The first-order valence-electron chi connectivity index (χ1n) is 9.40. The largest absolute Gasteiger partial charge is 0.385 e. The molecule has 0 radical (unpaired) electrons. The van der Waals surface area contributed by atoms with Crippen LogP contribution >= 0.6 is 11.6 Å². The summed E-state index contributed by atoms with van der Waals surface area (Å²) in [6, 6.07) is 20.0. The SMILES string of the molecule is COCCCNc1cc(-c2ccccc2)nc(NCCc2cccc(Cl)c2)n1. The molecular weight excluding hydrogens is 372 g/mol. The van der Waals surface area contributed by atoms with Gasteiger partial charge in [0.2, 0.25) is 5.95 Å². The zero-order chi connectivity index (χ0) is 19.6. The molecule has 146 valence electrons. The van der Waals surface area contributed by atoms with Crippen molar-refractivity contribution >= 4 is 23.4 Å². The monoisotopic (exact) mass is 396 g/mol. The summed E-state index contributed by atoms with van der Waals surface area (Å²) in [5, 5.41) is 7.44. The van der Waals surface area contributed by atoms with Crippen molar-refractivity contribution < 1.29 is 4.74 Å². The highest BCUT2D eigenvalue weighted by molar-refractivity contribution is 6.30. The number of halogens is 1. The number of nitrogens with zero attached hydrogens (tertiary/aromatic N) is 2. The van der Waals surface area contributed by atoms with Gasteiger partial charge in [0.15, 0.2) is 0 Å². The van der Waals surface area contributed by atoms with Crippen LogP contribution in [0.25, 0.3) is 11.3 Å². The highest BCUT2D eigenvalue weighted by Crippen LogP contribution is 2.21. The zero-order valence-corrected chi connectivity index (χ0v) is 16.7. The van der Waals surface area contributed by atoms with Gasteiger partial charge in [-0.1, -0.05) is 54.1 Å². The highest BCUT2D eigenvalue weighted by atomic mass is 35.5. The molecule has 0 saturated heterocycles. The van der Waals surface area contributed by atoms with Crippen molar-refractivity contribution in [2.75, 3.05) is 37.4 Å². The van der Waals surface area contributed by atoms with Gasteiger partial charge in [0, 0.05) is 43.5 Å². The van der Waals surface area contributed by atoms with E-state index in [0.717, 1.165) is 48.0 Å². The minimum atomic E-state index is 0.609. The predicted octanol–water partition coefficient (Wildman–Crippen LogP) is 4.90. The van der Waals surface area contributed by atoms with E-state index in [4.69, 9.17) is 16.3 Å². The molecule has 1 aromatic heterocycles. The lowest BCUT2D eigenvalue weighted by molar-refractivity contribution is 0.198. The molecule has 0 saturated carbocycles. The van der Waals surface area contributed by atoms with Crippen molar-refractivity contribution in [2.24, 2.45) is 0 Å². The average Bonchev–Trinajstić information content (AvgIpc) is 2.72. The number of hydrogen-bond acceptors (Lipinski definition) is 5. The Kier molecular flexibility index (Phi) is 7.64. The van der Waals surface area contributed by atoms with E-state index in [0.29, 0.717) is 12.6 Å². The standard InChI is InChI=1S/C22H25ClN4O/c1-28-14-6-12-24-21-16-20(18-8-3-2-4-9-18)26-22(27-21)25-13-11-17-7-5-10-19(23)15-17/h2-5,7-10,15-16H,6,11-14H2,1H3,(H2,24,25,26,27). The van der Waals surface area contributed by atoms with Gasteiger partial charge in [0.1, 0.15) is 5.82 Å². The fourth-order valence-electron chi connectivity index (χ4n) is 2.82. The Balaban J connectivity index is 1.70. The second-order valence-electron chi connectivity index (χ2n) is 6.41. The maximum absolute atomic E-state index is 6.06. The van der Waals surface area contributed by atoms with Crippen LogP contribution in [-0.4, -0.2) is 36.8 Å². The summed E-state index contributed by atoms with van der Waals surface area (Å²) >= 11 is 6.06.